The van der Waals surface area contributed by atoms with Crippen LogP contribution in [0.3, 0.4) is 0 Å². The highest BCUT2D eigenvalue weighted by Crippen LogP contribution is 2.43. The van der Waals surface area contributed by atoms with E-state index in [-0.39, 0.29) is 12.4 Å². The van der Waals surface area contributed by atoms with Crippen LogP contribution in [0.4, 0.5) is 0 Å². The molecule has 2 aromatic rings. The van der Waals surface area contributed by atoms with Gasteiger partial charge in [0.05, 0.1) is 25.7 Å². The number of carbonyl (C=O) groups is 2. The van der Waals surface area contributed by atoms with Crippen LogP contribution in [-0.2, 0) is 20.9 Å². The van der Waals surface area contributed by atoms with Crippen molar-refractivity contribution >= 4 is 11.8 Å². The molecule has 0 bridgehead atoms. The van der Waals surface area contributed by atoms with Gasteiger partial charge in [0, 0.05) is 23.4 Å². The summed E-state index contributed by atoms with van der Waals surface area (Å²) >= 11 is 0. The lowest BCUT2D eigenvalue weighted by atomic mass is 9.77. The highest BCUT2D eigenvalue weighted by Gasteiger charge is 2.40. The molecular weight excluding hydrogens is 398 g/mol. The number of nitrogens with one attached hydrogen (secondary N) is 1. The Morgan fingerprint density at radius 2 is 1.84 bits per heavy atom. The molecule has 2 heterocycles. The zero-order valence-corrected chi connectivity index (χ0v) is 17.8. The molecule has 0 spiro atoms. The average Bonchev–Trinajstić information content (AvgIpc) is 3.25. The molecule has 162 valence electrons. The van der Waals surface area contributed by atoms with Crippen molar-refractivity contribution in [2.75, 3.05) is 14.2 Å². The predicted octanol–water partition coefficient (Wildman–Crippen LogP) is 4.01. The van der Waals surface area contributed by atoms with Gasteiger partial charge in [-0.25, -0.2) is 4.79 Å². The number of carbonyl (C=O) groups excluding carboxylic acids is 2. The minimum Gasteiger partial charge on any atom is -0.497 e. The first kappa shape index (κ1) is 20.8. The summed E-state index contributed by atoms with van der Waals surface area (Å²) in [6.07, 6.45) is 2.01. The van der Waals surface area contributed by atoms with Crippen molar-refractivity contribution in [1.82, 2.24) is 5.32 Å². The van der Waals surface area contributed by atoms with Crippen molar-refractivity contribution in [3.63, 3.8) is 0 Å². The summed E-state index contributed by atoms with van der Waals surface area (Å²) in [6, 6.07) is 10.9. The molecule has 0 saturated carbocycles. The maximum absolute atomic E-state index is 12.8. The van der Waals surface area contributed by atoms with E-state index in [2.05, 4.69) is 5.32 Å². The number of esters is 1. The minimum absolute atomic E-state index is 0.0279. The predicted molar refractivity (Wildman–Crippen MR) is 113 cm³/mol. The van der Waals surface area contributed by atoms with Crippen LogP contribution in [0, 0.1) is 0 Å². The molecule has 0 amide bonds. The molecule has 0 unspecified atom stereocenters. The molecule has 1 aliphatic heterocycles. The van der Waals surface area contributed by atoms with Crippen molar-refractivity contribution in [2.45, 2.75) is 38.7 Å². The first-order valence-electron chi connectivity index (χ1n) is 10.2. The van der Waals surface area contributed by atoms with Crippen LogP contribution in [-0.4, -0.2) is 26.0 Å². The molecule has 1 N–H and O–H groups in total. The number of ether oxygens (including phenoxy) is 3. The first-order valence-corrected chi connectivity index (χ1v) is 10.2. The number of ketones is 1. The third-order valence-corrected chi connectivity index (χ3v) is 5.59. The van der Waals surface area contributed by atoms with Crippen LogP contribution in [0.25, 0.3) is 0 Å². The SMILES string of the molecule is COC(=O)C1=C(C)NC2=C(C(=O)CCC2)[C@@H]1c1ccc(COc2ccc(OC)cc2)o1. The molecule has 0 radical (unpaired) electrons. The summed E-state index contributed by atoms with van der Waals surface area (Å²) < 4.78 is 22.0. The van der Waals surface area contributed by atoms with Gasteiger partial charge in [-0.1, -0.05) is 0 Å². The second-order valence-electron chi connectivity index (χ2n) is 7.53. The Kier molecular flexibility index (Phi) is 5.84. The van der Waals surface area contributed by atoms with Gasteiger partial charge in [-0.05, 0) is 56.2 Å². The van der Waals surface area contributed by atoms with Crippen molar-refractivity contribution in [1.29, 1.82) is 0 Å². The molecule has 31 heavy (non-hydrogen) atoms. The number of hydrogen-bond donors (Lipinski definition) is 1. The van der Waals surface area contributed by atoms with Gasteiger partial charge < -0.3 is 23.9 Å². The van der Waals surface area contributed by atoms with E-state index < -0.39 is 11.9 Å². The van der Waals surface area contributed by atoms with Crippen molar-refractivity contribution in [3.05, 3.63) is 70.5 Å². The Morgan fingerprint density at radius 3 is 2.55 bits per heavy atom. The molecule has 2 aliphatic rings. The van der Waals surface area contributed by atoms with Gasteiger partial charge in [0.1, 0.15) is 29.6 Å². The number of rotatable bonds is 6. The van der Waals surface area contributed by atoms with E-state index in [1.165, 1.54) is 7.11 Å². The van der Waals surface area contributed by atoms with E-state index in [4.69, 9.17) is 18.6 Å². The quantitative estimate of drug-likeness (QED) is 0.703. The molecule has 1 aromatic heterocycles. The molecule has 0 saturated heterocycles. The smallest absolute Gasteiger partial charge is 0.336 e. The van der Waals surface area contributed by atoms with E-state index in [9.17, 15) is 9.59 Å². The van der Waals surface area contributed by atoms with Crippen molar-refractivity contribution < 1.29 is 28.2 Å². The zero-order valence-electron chi connectivity index (χ0n) is 17.8. The Balaban J connectivity index is 1.61. The van der Waals surface area contributed by atoms with E-state index >= 15 is 0 Å². The second-order valence-corrected chi connectivity index (χ2v) is 7.53. The fourth-order valence-electron chi connectivity index (χ4n) is 4.10. The Morgan fingerprint density at radius 1 is 1.10 bits per heavy atom. The lowest BCUT2D eigenvalue weighted by molar-refractivity contribution is -0.136. The highest BCUT2D eigenvalue weighted by atomic mass is 16.5. The summed E-state index contributed by atoms with van der Waals surface area (Å²) in [5.74, 6) is 1.50. The molecule has 0 fully saturated rings. The lowest BCUT2D eigenvalue weighted by Crippen LogP contribution is -2.34. The Bertz CT molecular complexity index is 1060. The Labute approximate surface area is 180 Å². The lowest BCUT2D eigenvalue weighted by Gasteiger charge is -2.32. The fourth-order valence-corrected chi connectivity index (χ4v) is 4.10. The standard InChI is InChI=1S/C24H25NO6/c1-14-21(24(27)29-3)23(22-18(25-14)5-4-6-19(22)26)20-12-11-17(31-20)13-30-16-9-7-15(28-2)8-10-16/h7-12,23,25H,4-6,13H2,1-3H3/t23-/m1/s1. The van der Waals surface area contributed by atoms with Crippen molar-refractivity contribution in [3.8, 4) is 11.5 Å². The number of allylic oxidation sites excluding steroid dienone is 3. The van der Waals surface area contributed by atoms with Gasteiger partial charge in [-0.2, -0.15) is 0 Å². The molecular formula is C24H25NO6. The summed E-state index contributed by atoms with van der Waals surface area (Å²) in [5.41, 5.74) is 2.53. The van der Waals surface area contributed by atoms with Gasteiger partial charge in [-0.15, -0.1) is 0 Å². The maximum atomic E-state index is 12.8. The number of Topliss-reactive ketones (excluding diaryl/α,β-unsaturated/α-hetero) is 1. The van der Waals surface area contributed by atoms with Crippen LogP contribution in [0.5, 0.6) is 11.5 Å². The van der Waals surface area contributed by atoms with Crippen LogP contribution in [0.15, 0.2) is 63.4 Å². The van der Waals surface area contributed by atoms with E-state index in [1.807, 2.05) is 31.2 Å². The van der Waals surface area contributed by atoms with Crippen LogP contribution in [0.2, 0.25) is 0 Å². The number of methoxy groups -OCH3 is 2. The highest BCUT2D eigenvalue weighted by molar-refractivity contribution is 6.03. The van der Waals surface area contributed by atoms with Gasteiger partial charge in [0.2, 0.25) is 0 Å². The topological polar surface area (TPSA) is 87.0 Å². The third kappa shape index (κ3) is 4.08. The fraction of sp³-hybridized carbons (Fsp3) is 0.333. The normalized spacial score (nSPS) is 18.4. The number of benzene rings is 1. The number of furan rings is 1. The van der Waals surface area contributed by atoms with Crippen LogP contribution in [0.1, 0.15) is 43.6 Å². The van der Waals surface area contributed by atoms with Crippen molar-refractivity contribution in [2.24, 2.45) is 0 Å². The molecule has 7 heteroatoms. The van der Waals surface area contributed by atoms with E-state index in [1.54, 1.807) is 19.2 Å². The third-order valence-electron chi connectivity index (χ3n) is 5.59. The summed E-state index contributed by atoms with van der Waals surface area (Å²) in [7, 11) is 2.94. The van der Waals surface area contributed by atoms with E-state index in [0.717, 1.165) is 24.3 Å². The summed E-state index contributed by atoms with van der Waals surface area (Å²) in [5, 5.41) is 3.24. The van der Waals surface area contributed by atoms with Gasteiger partial charge in [0.25, 0.3) is 0 Å². The van der Waals surface area contributed by atoms with Crippen LogP contribution < -0.4 is 14.8 Å². The first-order chi connectivity index (χ1) is 15.0. The molecule has 4 rings (SSSR count). The molecule has 7 nitrogen and oxygen atoms in total. The van der Waals surface area contributed by atoms with Crippen LogP contribution >= 0.6 is 0 Å². The van der Waals surface area contributed by atoms with Gasteiger partial charge in [0.15, 0.2) is 5.78 Å². The molecule has 1 atom stereocenters. The summed E-state index contributed by atoms with van der Waals surface area (Å²) in [6.45, 7) is 2.03. The molecule has 1 aromatic carbocycles. The largest absolute Gasteiger partial charge is 0.497 e. The van der Waals surface area contributed by atoms with Gasteiger partial charge in [-0.3, -0.25) is 4.79 Å². The maximum Gasteiger partial charge on any atom is 0.336 e. The average molecular weight is 423 g/mol. The van der Waals surface area contributed by atoms with Gasteiger partial charge >= 0.3 is 5.97 Å². The monoisotopic (exact) mass is 423 g/mol. The zero-order chi connectivity index (χ0) is 22.0. The number of dihydropyridines is 1. The summed E-state index contributed by atoms with van der Waals surface area (Å²) in [4.78, 5) is 25.4. The second kappa shape index (κ2) is 8.71. The number of hydrogen-bond acceptors (Lipinski definition) is 7. The Hall–Kier alpha value is -3.48. The van der Waals surface area contributed by atoms with E-state index in [0.29, 0.717) is 40.5 Å². The molecule has 1 aliphatic carbocycles. The minimum atomic E-state index is -0.591.